The van der Waals surface area contributed by atoms with Crippen molar-refractivity contribution in [3.05, 3.63) is 59.7 Å². The van der Waals surface area contributed by atoms with Crippen molar-refractivity contribution in [2.45, 2.75) is 44.4 Å². The van der Waals surface area contributed by atoms with E-state index in [-0.39, 0.29) is 12.0 Å². The second-order valence-corrected chi connectivity index (χ2v) is 8.42. The third-order valence-corrected chi connectivity index (χ3v) is 5.95. The summed E-state index contributed by atoms with van der Waals surface area (Å²) in [5.74, 6) is -3.93. The van der Waals surface area contributed by atoms with Crippen molar-refractivity contribution in [2.24, 2.45) is 0 Å². The van der Waals surface area contributed by atoms with Crippen LogP contribution in [0.3, 0.4) is 0 Å². The summed E-state index contributed by atoms with van der Waals surface area (Å²) in [4.78, 5) is 11.5. The average molecular weight is 520 g/mol. The van der Waals surface area contributed by atoms with E-state index in [0.717, 1.165) is 0 Å². The first-order valence-corrected chi connectivity index (χ1v) is 11.7. The number of nitrogens with one attached hydrogen (secondary N) is 1. The topological polar surface area (TPSA) is 35.6 Å². The fraction of sp³-hybridized carbons (Fsp3) is 0.480. The highest BCUT2D eigenvalue weighted by Crippen LogP contribution is 2.35. The molecule has 4 rings (SSSR count). The summed E-state index contributed by atoms with van der Waals surface area (Å²) in [6.07, 6.45) is -0.436. The summed E-state index contributed by atoms with van der Waals surface area (Å²) in [5.41, 5.74) is 0.970. The third kappa shape index (κ3) is 8.27. The molecule has 2 unspecified atom stereocenters. The number of thiol groups is 1. The van der Waals surface area contributed by atoms with Crippen LogP contribution in [0.25, 0.3) is 11.1 Å². The van der Waals surface area contributed by atoms with Crippen LogP contribution < -0.4 is 4.72 Å². The summed E-state index contributed by atoms with van der Waals surface area (Å²) >= 11 is 3.82. The van der Waals surface area contributed by atoms with Crippen LogP contribution in [-0.4, -0.2) is 74.5 Å². The van der Waals surface area contributed by atoms with Crippen molar-refractivity contribution in [3.8, 4) is 11.1 Å². The van der Waals surface area contributed by atoms with Crippen LogP contribution in [0.2, 0.25) is 0 Å². The molecule has 196 valence electrons. The van der Waals surface area contributed by atoms with Gasteiger partial charge in [-0.25, -0.2) is 22.0 Å². The van der Waals surface area contributed by atoms with Crippen molar-refractivity contribution < 1.29 is 26.7 Å². The van der Waals surface area contributed by atoms with Gasteiger partial charge >= 0.3 is 0 Å². The number of hydrogen-bond donors (Lipinski definition) is 2. The molecule has 2 heterocycles. The van der Waals surface area contributed by atoms with Crippen LogP contribution in [0, 0.1) is 11.6 Å². The highest BCUT2D eigenvalue weighted by Gasteiger charge is 2.52. The first kappa shape index (κ1) is 31.0. The van der Waals surface area contributed by atoms with E-state index in [9.17, 15) is 22.0 Å². The van der Waals surface area contributed by atoms with E-state index < -0.39 is 42.4 Å². The lowest BCUT2D eigenvalue weighted by Crippen LogP contribution is -2.45. The number of likely N-dealkylation sites (N-methyl/N-ethyl adjacent to an activating group) is 1. The molecule has 1 N–H and O–H groups in total. The number of carbonyl (C=O) groups is 1. The third-order valence-electron chi connectivity index (χ3n) is 5.67. The summed E-state index contributed by atoms with van der Waals surface area (Å²) in [7, 11) is 3.49. The monoisotopic (exact) mass is 519 g/mol. The molecule has 0 amide bonds. The van der Waals surface area contributed by atoms with Crippen LogP contribution in [0.5, 0.6) is 0 Å². The summed E-state index contributed by atoms with van der Waals surface area (Å²) in [6.45, 7) is 6.86. The Morgan fingerprint density at radius 1 is 1.09 bits per heavy atom. The van der Waals surface area contributed by atoms with Crippen molar-refractivity contribution >= 4 is 19.6 Å². The number of rotatable bonds is 4. The number of carbonyl (C=O) groups excluding carboxylic acids is 1. The minimum Gasteiger partial charge on any atom is -0.307 e. The Kier molecular flexibility index (Phi) is 12.9. The van der Waals surface area contributed by atoms with Gasteiger partial charge < -0.3 is 9.69 Å². The largest absolute Gasteiger partial charge is 0.307 e. The molecule has 0 radical (unpaired) electrons. The zero-order valence-electron chi connectivity index (χ0n) is 20.4. The molecular weight excluding hydrogens is 485 g/mol. The van der Waals surface area contributed by atoms with Gasteiger partial charge in [0.05, 0.1) is 12.6 Å². The maximum atomic E-state index is 14.9. The maximum Gasteiger partial charge on any atom is 0.277 e. The van der Waals surface area contributed by atoms with Gasteiger partial charge in [0, 0.05) is 24.7 Å². The Bertz CT molecular complexity index is 908. The first-order chi connectivity index (χ1) is 16.6. The molecule has 2 aromatic rings. The molecule has 35 heavy (non-hydrogen) atoms. The summed E-state index contributed by atoms with van der Waals surface area (Å²) < 4.78 is 70.5. The van der Waals surface area contributed by atoms with Crippen LogP contribution in [0.15, 0.2) is 42.5 Å². The molecule has 2 aliphatic rings. The number of benzene rings is 2. The van der Waals surface area contributed by atoms with Crippen LogP contribution in [-0.2, 0) is 11.2 Å². The molecule has 0 aliphatic carbocycles. The lowest BCUT2D eigenvalue weighted by Gasteiger charge is -2.29. The number of nitrogens with zero attached hydrogens (tertiary/aromatic N) is 2. The molecule has 2 aliphatic heterocycles. The zero-order chi connectivity index (χ0) is 26.8. The molecule has 2 saturated heterocycles. The van der Waals surface area contributed by atoms with Crippen LogP contribution >= 0.6 is 12.8 Å². The Balaban J connectivity index is 0.000000519. The van der Waals surface area contributed by atoms with Gasteiger partial charge in [0.1, 0.15) is 24.6 Å². The quantitative estimate of drug-likeness (QED) is 0.439. The Morgan fingerprint density at radius 3 is 2.17 bits per heavy atom. The van der Waals surface area contributed by atoms with E-state index in [4.69, 9.17) is 4.79 Å². The van der Waals surface area contributed by atoms with Crippen LogP contribution in [0.4, 0.5) is 22.0 Å². The number of alkyl halides is 3. The van der Waals surface area contributed by atoms with E-state index >= 15 is 0 Å². The number of hydrogen-bond acceptors (Lipinski definition) is 5. The fourth-order valence-corrected chi connectivity index (χ4v) is 4.36. The molecule has 10 heteroatoms. The molecule has 2 atom stereocenters. The zero-order valence-corrected chi connectivity index (χ0v) is 21.3. The maximum absolute atomic E-state index is 14.9. The predicted molar refractivity (Wildman–Crippen MR) is 134 cm³/mol. The van der Waals surface area contributed by atoms with Gasteiger partial charge in [-0.1, -0.05) is 57.0 Å². The molecule has 0 bridgehead atoms. The fourth-order valence-electron chi connectivity index (χ4n) is 4.00. The van der Waals surface area contributed by atoms with Gasteiger partial charge in [-0.3, -0.25) is 9.62 Å². The average Bonchev–Trinajstić information content (AvgIpc) is 3.04. The minimum absolute atomic E-state index is 0.0965. The van der Waals surface area contributed by atoms with E-state index in [0.29, 0.717) is 24.2 Å². The lowest BCUT2D eigenvalue weighted by atomic mass is 9.95. The van der Waals surface area contributed by atoms with Gasteiger partial charge in [-0.05, 0) is 43.8 Å². The smallest absolute Gasteiger partial charge is 0.277 e. The molecule has 2 aromatic carbocycles. The molecule has 0 aromatic heterocycles. The van der Waals surface area contributed by atoms with Crippen molar-refractivity contribution in [1.82, 2.24) is 14.5 Å². The van der Waals surface area contributed by atoms with Gasteiger partial charge in [-0.15, -0.1) is 0 Å². The SMILES string of the molecule is C=O.CC.CN1CC(F)(F)C(NS)C1Cc1cccc(-c2cccc(F)c2)c1F.CN1CC(F)C1. The van der Waals surface area contributed by atoms with Crippen LogP contribution in [0.1, 0.15) is 19.4 Å². The van der Waals surface area contributed by atoms with Gasteiger partial charge in [0.2, 0.25) is 0 Å². The molecule has 2 fully saturated rings. The Labute approximate surface area is 210 Å². The molecule has 4 nitrogen and oxygen atoms in total. The normalized spacial score (nSPS) is 21.4. The van der Waals surface area contributed by atoms with Gasteiger partial charge in [0.25, 0.3) is 5.92 Å². The molecular formula is C25H34F5N3OS. The van der Waals surface area contributed by atoms with Crippen molar-refractivity contribution in [1.29, 1.82) is 0 Å². The molecule has 0 spiro atoms. The van der Waals surface area contributed by atoms with E-state index in [1.165, 1.54) is 23.1 Å². The second-order valence-electron chi connectivity index (χ2n) is 8.16. The standard InChI is InChI=1S/C18H18F4N2S.C4H8FN.C2H6.CH2O/c1-24-10-18(21,22)17(23-25)15(24)9-12-5-3-7-14(16(12)20)11-4-2-6-13(19)8-11;1-6-2-4(5)3-6;2*1-2/h2-8,15,17,23,25H,9-10H2,1H3;4H,2-3H2,1H3;1-2H3;1H2. The van der Waals surface area contributed by atoms with E-state index in [1.54, 1.807) is 31.3 Å². The van der Waals surface area contributed by atoms with E-state index in [1.807, 2.05) is 32.6 Å². The van der Waals surface area contributed by atoms with Gasteiger partial charge in [-0.2, -0.15) is 0 Å². The molecule has 0 saturated carbocycles. The summed E-state index contributed by atoms with van der Waals surface area (Å²) in [5, 5.41) is 0. The number of likely N-dealkylation sites (tertiary alicyclic amines) is 2. The van der Waals surface area contributed by atoms with E-state index in [2.05, 4.69) is 17.5 Å². The minimum atomic E-state index is -2.95. The predicted octanol–water partition coefficient (Wildman–Crippen LogP) is 5.04. The lowest BCUT2D eigenvalue weighted by molar-refractivity contribution is -0.0980. The van der Waals surface area contributed by atoms with Crippen molar-refractivity contribution in [2.75, 3.05) is 33.7 Å². The highest BCUT2D eigenvalue weighted by atomic mass is 32.1. The Hall–Kier alpha value is -2.01. The summed E-state index contributed by atoms with van der Waals surface area (Å²) in [6, 6.07) is 8.62. The van der Waals surface area contributed by atoms with Crippen molar-refractivity contribution in [3.63, 3.8) is 0 Å². The Morgan fingerprint density at radius 2 is 1.69 bits per heavy atom. The highest BCUT2D eigenvalue weighted by molar-refractivity contribution is 7.78. The van der Waals surface area contributed by atoms with Gasteiger partial charge in [0.15, 0.2) is 0 Å². The number of halogens is 5. The second kappa shape index (κ2) is 14.5. The first-order valence-electron chi connectivity index (χ1n) is 11.2.